The standard InChI is InChI=1S/C18H20N2O2/c1-3-7-13(8-4-1)15-11-21-18-17(19-15)22-12-16(20-18)14-9-5-2-6-10-14/h1-10,15-20H,11-12H2/t15-,16-,17+,18+/m1/s1. The molecule has 0 aliphatic carbocycles. The first-order chi connectivity index (χ1) is 10.9. The first-order valence-electron chi connectivity index (χ1n) is 7.75. The second kappa shape index (κ2) is 6.18. The summed E-state index contributed by atoms with van der Waals surface area (Å²) in [6, 6.07) is 21.1. The lowest BCUT2D eigenvalue weighted by Crippen LogP contribution is -2.61. The minimum atomic E-state index is -0.112. The van der Waals surface area contributed by atoms with Crippen molar-refractivity contribution < 1.29 is 9.47 Å². The third-order valence-corrected chi connectivity index (χ3v) is 4.29. The molecule has 2 N–H and O–H groups in total. The largest absolute Gasteiger partial charge is 0.357 e. The molecule has 0 bridgehead atoms. The van der Waals surface area contributed by atoms with Crippen LogP contribution in [0.15, 0.2) is 60.7 Å². The van der Waals surface area contributed by atoms with Gasteiger partial charge in [0.2, 0.25) is 0 Å². The van der Waals surface area contributed by atoms with Crippen LogP contribution in [0.5, 0.6) is 0 Å². The van der Waals surface area contributed by atoms with Gasteiger partial charge in [-0.1, -0.05) is 60.7 Å². The molecule has 0 saturated carbocycles. The minimum absolute atomic E-state index is 0.112. The Labute approximate surface area is 130 Å². The van der Waals surface area contributed by atoms with Crippen LogP contribution in [-0.2, 0) is 9.47 Å². The molecule has 2 fully saturated rings. The molecule has 2 aliphatic rings. The molecule has 0 amide bonds. The lowest BCUT2D eigenvalue weighted by Gasteiger charge is -2.43. The van der Waals surface area contributed by atoms with Crippen molar-refractivity contribution in [3.8, 4) is 0 Å². The average Bonchev–Trinajstić information content (AvgIpc) is 2.62. The molecule has 2 heterocycles. The maximum Gasteiger partial charge on any atom is 0.148 e. The van der Waals surface area contributed by atoms with E-state index < -0.39 is 0 Å². The van der Waals surface area contributed by atoms with Crippen molar-refractivity contribution in [1.29, 1.82) is 0 Å². The number of hydrogen-bond donors (Lipinski definition) is 2. The number of morpholine rings is 2. The third kappa shape index (κ3) is 2.78. The van der Waals surface area contributed by atoms with Gasteiger partial charge in [-0.25, -0.2) is 0 Å². The van der Waals surface area contributed by atoms with E-state index in [4.69, 9.17) is 9.47 Å². The number of hydrogen-bond acceptors (Lipinski definition) is 4. The minimum Gasteiger partial charge on any atom is -0.357 e. The first-order valence-corrected chi connectivity index (χ1v) is 7.75. The van der Waals surface area contributed by atoms with E-state index in [2.05, 4.69) is 59.2 Å². The van der Waals surface area contributed by atoms with Crippen LogP contribution in [0.3, 0.4) is 0 Å². The van der Waals surface area contributed by atoms with Crippen LogP contribution in [-0.4, -0.2) is 25.7 Å². The highest BCUT2D eigenvalue weighted by molar-refractivity contribution is 5.21. The summed E-state index contributed by atoms with van der Waals surface area (Å²) in [4.78, 5) is 0. The molecule has 2 aromatic carbocycles. The van der Waals surface area contributed by atoms with Crippen LogP contribution in [0.1, 0.15) is 23.2 Å². The molecule has 4 atom stereocenters. The number of fused-ring (bicyclic) bond motifs is 1. The Bertz CT molecular complexity index is 549. The fraction of sp³-hybridized carbons (Fsp3) is 0.333. The molecular weight excluding hydrogens is 276 g/mol. The summed E-state index contributed by atoms with van der Waals surface area (Å²) in [7, 11) is 0. The summed E-state index contributed by atoms with van der Waals surface area (Å²) < 4.78 is 12.0. The van der Waals surface area contributed by atoms with Gasteiger partial charge in [0.25, 0.3) is 0 Å². The Balaban J connectivity index is 1.43. The molecule has 0 spiro atoms. The van der Waals surface area contributed by atoms with E-state index in [1.54, 1.807) is 0 Å². The topological polar surface area (TPSA) is 42.5 Å². The molecule has 22 heavy (non-hydrogen) atoms. The van der Waals surface area contributed by atoms with Crippen molar-refractivity contribution in [2.45, 2.75) is 24.5 Å². The van der Waals surface area contributed by atoms with Crippen LogP contribution in [0.4, 0.5) is 0 Å². The molecular formula is C18H20N2O2. The zero-order valence-corrected chi connectivity index (χ0v) is 12.3. The summed E-state index contributed by atoms with van der Waals surface area (Å²) in [5.41, 5.74) is 2.46. The van der Waals surface area contributed by atoms with Gasteiger partial charge in [0, 0.05) is 0 Å². The summed E-state index contributed by atoms with van der Waals surface area (Å²) in [5, 5.41) is 7.07. The van der Waals surface area contributed by atoms with E-state index in [0.29, 0.717) is 13.2 Å². The number of rotatable bonds is 2. The fourth-order valence-corrected chi connectivity index (χ4v) is 3.09. The van der Waals surface area contributed by atoms with Crippen molar-refractivity contribution in [1.82, 2.24) is 10.6 Å². The molecule has 114 valence electrons. The van der Waals surface area contributed by atoms with Crippen LogP contribution in [0, 0.1) is 0 Å². The second-order valence-electron chi connectivity index (χ2n) is 5.77. The second-order valence-corrected chi connectivity index (χ2v) is 5.77. The van der Waals surface area contributed by atoms with Gasteiger partial charge in [0.1, 0.15) is 12.5 Å². The molecule has 0 unspecified atom stereocenters. The Morgan fingerprint density at radius 2 is 1.05 bits per heavy atom. The predicted octanol–water partition coefficient (Wildman–Crippen LogP) is 2.36. The fourth-order valence-electron chi connectivity index (χ4n) is 3.09. The first kappa shape index (κ1) is 13.9. The smallest absolute Gasteiger partial charge is 0.148 e. The van der Waals surface area contributed by atoms with Gasteiger partial charge in [0.05, 0.1) is 25.3 Å². The maximum atomic E-state index is 6.00. The number of benzene rings is 2. The van der Waals surface area contributed by atoms with Crippen LogP contribution in [0.25, 0.3) is 0 Å². The van der Waals surface area contributed by atoms with Crippen molar-refractivity contribution >= 4 is 0 Å². The zero-order chi connectivity index (χ0) is 14.8. The van der Waals surface area contributed by atoms with Crippen LogP contribution in [0.2, 0.25) is 0 Å². The Hall–Kier alpha value is -1.72. The summed E-state index contributed by atoms with van der Waals surface area (Å²) >= 11 is 0. The van der Waals surface area contributed by atoms with Crippen molar-refractivity contribution in [3.63, 3.8) is 0 Å². The molecule has 4 nitrogen and oxygen atoms in total. The quantitative estimate of drug-likeness (QED) is 0.893. The Morgan fingerprint density at radius 3 is 1.45 bits per heavy atom. The summed E-state index contributed by atoms with van der Waals surface area (Å²) in [6.07, 6.45) is -0.224. The van der Waals surface area contributed by atoms with Crippen LogP contribution >= 0.6 is 0 Å². The van der Waals surface area contributed by atoms with Gasteiger partial charge in [0.15, 0.2) is 0 Å². The van der Waals surface area contributed by atoms with E-state index in [-0.39, 0.29) is 24.5 Å². The van der Waals surface area contributed by atoms with Crippen molar-refractivity contribution in [3.05, 3.63) is 71.8 Å². The lowest BCUT2D eigenvalue weighted by atomic mass is 10.0. The normalized spacial score (nSPS) is 31.5. The van der Waals surface area contributed by atoms with Gasteiger partial charge < -0.3 is 9.47 Å². The highest BCUT2D eigenvalue weighted by Gasteiger charge is 2.37. The van der Waals surface area contributed by atoms with Gasteiger partial charge in [-0.2, -0.15) is 0 Å². The van der Waals surface area contributed by atoms with E-state index in [1.807, 2.05) is 12.1 Å². The lowest BCUT2D eigenvalue weighted by molar-refractivity contribution is -0.179. The molecule has 0 radical (unpaired) electrons. The zero-order valence-electron chi connectivity index (χ0n) is 12.3. The van der Waals surface area contributed by atoms with Crippen LogP contribution < -0.4 is 10.6 Å². The predicted molar refractivity (Wildman–Crippen MR) is 84.1 cm³/mol. The Kier molecular flexibility index (Phi) is 3.91. The molecule has 4 rings (SSSR count). The van der Waals surface area contributed by atoms with Gasteiger partial charge >= 0.3 is 0 Å². The summed E-state index contributed by atoms with van der Waals surface area (Å²) in [5.74, 6) is 0. The Morgan fingerprint density at radius 1 is 0.636 bits per heavy atom. The van der Waals surface area contributed by atoms with Crippen molar-refractivity contribution in [2.75, 3.05) is 13.2 Å². The summed E-state index contributed by atoms with van der Waals surface area (Å²) in [6.45, 7) is 1.28. The van der Waals surface area contributed by atoms with E-state index in [0.717, 1.165) is 0 Å². The molecule has 2 saturated heterocycles. The highest BCUT2D eigenvalue weighted by atomic mass is 16.6. The highest BCUT2D eigenvalue weighted by Crippen LogP contribution is 2.26. The van der Waals surface area contributed by atoms with Crippen molar-refractivity contribution in [2.24, 2.45) is 0 Å². The van der Waals surface area contributed by atoms with E-state index in [1.165, 1.54) is 11.1 Å². The SMILES string of the molecule is c1ccc([C@H]2CO[C@@H]3N[C@@H](c4ccccc4)CO[C@@H]3N2)cc1. The average molecular weight is 296 g/mol. The van der Waals surface area contributed by atoms with E-state index in [9.17, 15) is 0 Å². The van der Waals surface area contributed by atoms with Gasteiger partial charge in [-0.15, -0.1) is 0 Å². The molecule has 0 aromatic heterocycles. The molecule has 2 aromatic rings. The third-order valence-electron chi connectivity index (χ3n) is 4.29. The maximum absolute atomic E-state index is 6.00. The number of ether oxygens (including phenoxy) is 2. The van der Waals surface area contributed by atoms with E-state index >= 15 is 0 Å². The monoisotopic (exact) mass is 296 g/mol. The van der Waals surface area contributed by atoms with Gasteiger partial charge in [-0.05, 0) is 11.1 Å². The molecule has 4 heteroatoms. The van der Waals surface area contributed by atoms with Gasteiger partial charge in [-0.3, -0.25) is 10.6 Å². The number of nitrogens with one attached hydrogen (secondary N) is 2. The molecule has 2 aliphatic heterocycles.